The second kappa shape index (κ2) is 8.65. The van der Waals surface area contributed by atoms with Crippen molar-refractivity contribution in [2.24, 2.45) is 0 Å². The van der Waals surface area contributed by atoms with E-state index in [1.54, 1.807) is 42.5 Å². The number of amides is 4. The van der Waals surface area contributed by atoms with Gasteiger partial charge in [-0.25, -0.2) is 18.9 Å². The van der Waals surface area contributed by atoms with Gasteiger partial charge in [-0.05, 0) is 36.4 Å². The summed E-state index contributed by atoms with van der Waals surface area (Å²) in [5.74, 6) is -3.28. The molecule has 7 nitrogen and oxygen atoms in total. The number of rotatable bonds is 4. The summed E-state index contributed by atoms with van der Waals surface area (Å²) in [6.07, 6.45) is 1.19. The normalized spacial score (nSPS) is 15.0. The van der Waals surface area contributed by atoms with E-state index < -0.39 is 35.2 Å². The summed E-state index contributed by atoms with van der Waals surface area (Å²) in [7, 11) is 0. The van der Waals surface area contributed by atoms with E-state index in [1.165, 1.54) is 36.4 Å². The van der Waals surface area contributed by atoms with Gasteiger partial charge in [-0.1, -0.05) is 48.5 Å². The lowest BCUT2D eigenvalue weighted by Crippen LogP contribution is -2.54. The number of nitrogens with zero attached hydrogens (tertiary/aromatic N) is 1. The number of para-hydroxylation sites is 2. The van der Waals surface area contributed by atoms with E-state index in [-0.39, 0.29) is 17.0 Å². The van der Waals surface area contributed by atoms with E-state index >= 15 is 0 Å². The number of carbonyl (C=O) groups is 4. The molecule has 1 aliphatic heterocycles. The Bertz CT molecular complexity index is 1270. The fourth-order valence-corrected chi connectivity index (χ4v) is 3.09. The van der Waals surface area contributed by atoms with Crippen molar-refractivity contribution in [3.63, 3.8) is 0 Å². The number of hydrogen-bond donors (Lipinski definition) is 1. The zero-order chi connectivity index (χ0) is 22.7. The Labute approximate surface area is 181 Å². The van der Waals surface area contributed by atoms with Crippen molar-refractivity contribution in [1.82, 2.24) is 5.32 Å². The number of hydrogen-bond acceptors (Lipinski definition) is 5. The molecule has 1 fully saturated rings. The van der Waals surface area contributed by atoms with Crippen LogP contribution in [0.3, 0.4) is 0 Å². The predicted molar refractivity (Wildman–Crippen MR) is 113 cm³/mol. The molecule has 3 aromatic carbocycles. The third-order valence-corrected chi connectivity index (χ3v) is 4.63. The molecule has 0 aliphatic carbocycles. The minimum absolute atomic E-state index is 0.101. The van der Waals surface area contributed by atoms with Crippen molar-refractivity contribution in [1.29, 1.82) is 0 Å². The first-order valence-electron chi connectivity index (χ1n) is 9.48. The van der Waals surface area contributed by atoms with Crippen LogP contribution in [-0.4, -0.2) is 23.8 Å². The van der Waals surface area contributed by atoms with E-state index in [9.17, 15) is 23.6 Å². The number of carbonyl (C=O) groups excluding carboxylic acids is 4. The zero-order valence-corrected chi connectivity index (χ0v) is 16.4. The lowest BCUT2D eigenvalue weighted by atomic mass is 10.1. The number of anilines is 1. The van der Waals surface area contributed by atoms with Gasteiger partial charge in [0.2, 0.25) is 0 Å². The molecule has 0 radical (unpaired) electrons. The fourth-order valence-electron chi connectivity index (χ4n) is 3.09. The fraction of sp³-hybridized carbons (Fsp3) is 0. The molecule has 0 unspecified atom stereocenters. The van der Waals surface area contributed by atoms with E-state index in [0.717, 1.165) is 6.07 Å². The standard InChI is InChI=1S/C24H15FN2O5/c25-18-11-5-6-12-19(18)27-22(29)17(21(28)26-24(27)31)14-16-10-4-7-13-20(16)32-23(30)15-8-2-1-3-9-15/h1-14H,(H,26,28,31)/b17-14-. The molecular weight excluding hydrogens is 415 g/mol. The first-order valence-corrected chi connectivity index (χ1v) is 9.48. The number of imide groups is 2. The highest BCUT2D eigenvalue weighted by Crippen LogP contribution is 2.27. The quantitative estimate of drug-likeness (QED) is 0.295. The van der Waals surface area contributed by atoms with Crippen LogP contribution < -0.4 is 15.0 Å². The Morgan fingerprint density at radius 2 is 1.53 bits per heavy atom. The van der Waals surface area contributed by atoms with Crippen LogP contribution in [0.25, 0.3) is 6.08 Å². The number of barbiturate groups is 1. The molecular formula is C24H15FN2O5. The maximum atomic E-state index is 14.2. The van der Waals surface area contributed by atoms with Crippen LogP contribution in [0, 0.1) is 5.82 Å². The number of halogens is 1. The predicted octanol–water partition coefficient (Wildman–Crippen LogP) is 3.71. The Morgan fingerprint density at radius 3 is 2.28 bits per heavy atom. The minimum Gasteiger partial charge on any atom is -0.422 e. The van der Waals surface area contributed by atoms with Crippen LogP contribution in [0.5, 0.6) is 5.75 Å². The highest BCUT2D eigenvalue weighted by Gasteiger charge is 2.38. The molecule has 4 rings (SSSR count). The molecule has 0 spiro atoms. The minimum atomic E-state index is -1.06. The van der Waals surface area contributed by atoms with E-state index in [0.29, 0.717) is 10.5 Å². The Balaban J connectivity index is 1.69. The summed E-state index contributed by atoms with van der Waals surface area (Å²) in [5, 5.41) is 2.03. The number of esters is 1. The molecule has 1 N–H and O–H groups in total. The van der Waals surface area contributed by atoms with E-state index in [1.807, 2.05) is 5.32 Å². The van der Waals surface area contributed by atoms with Crippen LogP contribution >= 0.6 is 0 Å². The van der Waals surface area contributed by atoms with Gasteiger partial charge in [-0.15, -0.1) is 0 Å². The summed E-state index contributed by atoms with van der Waals surface area (Å²) < 4.78 is 19.6. The molecule has 0 atom stereocenters. The van der Waals surface area contributed by atoms with Gasteiger partial charge in [0.05, 0.1) is 11.3 Å². The molecule has 1 saturated heterocycles. The maximum absolute atomic E-state index is 14.2. The molecule has 0 aromatic heterocycles. The van der Waals surface area contributed by atoms with Crippen LogP contribution in [0.1, 0.15) is 15.9 Å². The van der Waals surface area contributed by atoms with Crippen LogP contribution in [0.15, 0.2) is 84.4 Å². The van der Waals surface area contributed by atoms with Crippen molar-refractivity contribution in [2.45, 2.75) is 0 Å². The summed E-state index contributed by atoms with van der Waals surface area (Å²) in [6.45, 7) is 0. The molecule has 1 heterocycles. The van der Waals surface area contributed by atoms with Crippen molar-refractivity contribution in [3.8, 4) is 5.75 Å². The highest BCUT2D eigenvalue weighted by atomic mass is 19.1. The van der Waals surface area contributed by atoms with E-state index in [4.69, 9.17) is 4.74 Å². The van der Waals surface area contributed by atoms with Gasteiger partial charge in [-0.2, -0.15) is 0 Å². The molecule has 3 aromatic rings. The summed E-state index contributed by atoms with van der Waals surface area (Å²) in [5.41, 5.74) is -0.149. The zero-order valence-electron chi connectivity index (χ0n) is 16.4. The summed E-state index contributed by atoms with van der Waals surface area (Å²) in [4.78, 5) is 50.6. The average molecular weight is 430 g/mol. The Hall–Kier alpha value is -4.59. The van der Waals surface area contributed by atoms with Gasteiger partial charge in [0.1, 0.15) is 17.1 Å². The smallest absolute Gasteiger partial charge is 0.343 e. The first kappa shape index (κ1) is 20.7. The second-order valence-electron chi connectivity index (χ2n) is 6.70. The van der Waals surface area contributed by atoms with Gasteiger partial charge in [0, 0.05) is 5.56 Å². The van der Waals surface area contributed by atoms with Crippen molar-refractivity contribution in [3.05, 3.63) is 101 Å². The summed E-state index contributed by atoms with van der Waals surface area (Å²) >= 11 is 0. The molecule has 0 bridgehead atoms. The largest absolute Gasteiger partial charge is 0.422 e. The second-order valence-corrected chi connectivity index (χ2v) is 6.70. The molecule has 158 valence electrons. The van der Waals surface area contributed by atoms with Gasteiger partial charge in [0.15, 0.2) is 0 Å². The lowest BCUT2D eigenvalue weighted by Gasteiger charge is -2.26. The molecule has 4 amide bonds. The molecule has 1 aliphatic rings. The van der Waals surface area contributed by atoms with Crippen molar-refractivity contribution < 1.29 is 28.3 Å². The SMILES string of the molecule is O=C1NC(=O)N(c2ccccc2F)C(=O)/C1=C\c1ccccc1OC(=O)c1ccccc1. The molecule has 0 saturated carbocycles. The topological polar surface area (TPSA) is 92.8 Å². The Kier molecular flexibility index (Phi) is 5.59. The lowest BCUT2D eigenvalue weighted by molar-refractivity contribution is -0.122. The van der Waals surface area contributed by atoms with Gasteiger partial charge >= 0.3 is 12.0 Å². The van der Waals surface area contributed by atoms with Crippen LogP contribution in [0.4, 0.5) is 14.9 Å². The van der Waals surface area contributed by atoms with Gasteiger partial charge in [0.25, 0.3) is 11.8 Å². The van der Waals surface area contributed by atoms with Crippen molar-refractivity contribution >= 4 is 35.6 Å². The average Bonchev–Trinajstić information content (AvgIpc) is 2.79. The van der Waals surface area contributed by atoms with E-state index in [2.05, 4.69) is 0 Å². The van der Waals surface area contributed by atoms with Gasteiger partial charge in [-0.3, -0.25) is 14.9 Å². The molecule has 8 heteroatoms. The Morgan fingerprint density at radius 1 is 0.875 bits per heavy atom. The van der Waals surface area contributed by atoms with Crippen LogP contribution in [0.2, 0.25) is 0 Å². The third kappa shape index (κ3) is 4.01. The summed E-state index contributed by atoms with van der Waals surface area (Å²) in [6, 6.07) is 18.7. The van der Waals surface area contributed by atoms with Crippen molar-refractivity contribution in [2.75, 3.05) is 4.90 Å². The van der Waals surface area contributed by atoms with Crippen LogP contribution in [-0.2, 0) is 9.59 Å². The first-order chi connectivity index (χ1) is 15.5. The number of urea groups is 1. The number of ether oxygens (including phenoxy) is 1. The molecule has 32 heavy (non-hydrogen) atoms. The highest BCUT2D eigenvalue weighted by molar-refractivity contribution is 6.39. The number of benzene rings is 3. The maximum Gasteiger partial charge on any atom is 0.343 e. The third-order valence-electron chi connectivity index (χ3n) is 4.63. The number of nitrogens with one attached hydrogen (secondary N) is 1. The monoisotopic (exact) mass is 430 g/mol. The van der Waals surface area contributed by atoms with Gasteiger partial charge < -0.3 is 4.74 Å².